The molecule has 4 rings (SSSR count). The van der Waals surface area contributed by atoms with Crippen LogP contribution in [0.1, 0.15) is 63.2 Å². The Morgan fingerprint density at radius 1 is 1.33 bits per heavy atom. The lowest BCUT2D eigenvalue weighted by Gasteiger charge is -2.32. The van der Waals surface area contributed by atoms with Crippen LogP contribution in [0.3, 0.4) is 0 Å². The third-order valence-electron chi connectivity index (χ3n) is 5.60. The first kappa shape index (κ1) is 18.2. The monoisotopic (exact) mass is 372 g/mol. The SMILES string of the molecule is CC(C)N(C)c1cnn(C2CCCN(Cc3noc(C4CC4)n3)C2)c(=O)c1. The Bertz CT molecular complexity index is 841. The van der Waals surface area contributed by atoms with E-state index in [9.17, 15) is 4.79 Å². The largest absolute Gasteiger partial charge is 0.371 e. The zero-order valence-corrected chi connectivity index (χ0v) is 16.3. The molecule has 1 atom stereocenters. The summed E-state index contributed by atoms with van der Waals surface area (Å²) < 4.78 is 6.99. The van der Waals surface area contributed by atoms with Crippen molar-refractivity contribution in [3.8, 4) is 0 Å². The number of piperidine rings is 1. The van der Waals surface area contributed by atoms with Crippen LogP contribution in [0.5, 0.6) is 0 Å². The molecule has 0 bridgehead atoms. The van der Waals surface area contributed by atoms with Crippen molar-refractivity contribution in [1.29, 1.82) is 0 Å². The van der Waals surface area contributed by atoms with Crippen molar-refractivity contribution in [2.45, 2.75) is 64.1 Å². The van der Waals surface area contributed by atoms with E-state index in [1.165, 1.54) is 0 Å². The Morgan fingerprint density at radius 3 is 2.85 bits per heavy atom. The van der Waals surface area contributed by atoms with Gasteiger partial charge in [-0.05, 0) is 46.1 Å². The summed E-state index contributed by atoms with van der Waals surface area (Å²) >= 11 is 0. The smallest absolute Gasteiger partial charge is 0.269 e. The molecule has 8 heteroatoms. The van der Waals surface area contributed by atoms with Gasteiger partial charge in [0.25, 0.3) is 5.56 Å². The number of likely N-dealkylation sites (tertiary alicyclic amines) is 1. The zero-order valence-electron chi connectivity index (χ0n) is 16.3. The van der Waals surface area contributed by atoms with Crippen LogP contribution in [0.2, 0.25) is 0 Å². The van der Waals surface area contributed by atoms with Crippen molar-refractivity contribution in [2.75, 3.05) is 25.0 Å². The van der Waals surface area contributed by atoms with Gasteiger partial charge in [0.2, 0.25) is 5.89 Å². The van der Waals surface area contributed by atoms with Crippen molar-refractivity contribution >= 4 is 5.69 Å². The summed E-state index contributed by atoms with van der Waals surface area (Å²) in [6.45, 7) is 6.61. The van der Waals surface area contributed by atoms with Crippen molar-refractivity contribution in [3.05, 3.63) is 34.3 Å². The van der Waals surface area contributed by atoms with Gasteiger partial charge in [0.1, 0.15) is 0 Å². The highest BCUT2D eigenvalue weighted by Gasteiger charge is 2.30. The Morgan fingerprint density at radius 2 is 2.15 bits per heavy atom. The molecule has 0 radical (unpaired) electrons. The Kier molecular flexibility index (Phi) is 4.99. The molecule has 1 saturated heterocycles. The summed E-state index contributed by atoms with van der Waals surface area (Å²) in [6, 6.07) is 2.09. The first-order valence-electron chi connectivity index (χ1n) is 9.88. The molecule has 0 aromatic carbocycles. The summed E-state index contributed by atoms with van der Waals surface area (Å²) in [5.41, 5.74) is 0.820. The van der Waals surface area contributed by atoms with Crippen LogP contribution in [-0.4, -0.2) is 51.0 Å². The second kappa shape index (κ2) is 7.42. The van der Waals surface area contributed by atoms with E-state index in [1.807, 2.05) is 7.05 Å². The van der Waals surface area contributed by atoms with Gasteiger partial charge >= 0.3 is 0 Å². The van der Waals surface area contributed by atoms with E-state index in [-0.39, 0.29) is 11.6 Å². The van der Waals surface area contributed by atoms with Crippen LogP contribution >= 0.6 is 0 Å². The standard InChI is InChI=1S/C19H28N6O2/c1-13(2)23(3)16-9-18(26)25(20-10-16)15-5-4-8-24(11-15)12-17-21-19(27-22-17)14-6-7-14/h9-10,13-15H,4-8,11-12H2,1-3H3. The lowest BCUT2D eigenvalue weighted by molar-refractivity contribution is 0.155. The van der Waals surface area contributed by atoms with Gasteiger partial charge < -0.3 is 9.42 Å². The maximum atomic E-state index is 12.6. The molecule has 2 fully saturated rings. The number of nitrogens with zero attached hydrogens (tertiary/aromatic N) is 6. The van der Waals surface area contributed by atoms with E-state index in [4.69, 9.17) is 4.52 Å². The summed E-state index contributed by atoms with van der Waals surface area (Å²) in [4.78, 5) is 21.5. The summed E-state index contributed by atoms with van der Waals surface area (Å²) in [5.74, 6) is 2.00. The molecule has 1 aliphatic carbocycles. The van der Waals surface area contributed by atoms with E-state index in [0.717, 1.165) is 56.2 Å². The summed E-state index contributed by atoms with van der Waals surface area (Å²) in [7, 11) is 1.98. The topological polar surface area (TPSA) is 80.3 Å². The van der Waals surface area contributed by atoms with Gasteiger partial charge in [-0.3, -0.25) is 9.69 Å². The summed E-state index contributed by atoms with van der Waals surface area (Å²) in [6.07, 6.45) is 6.09. The van der Waals surface area contributed by atoms with Gasteiger partial charge in [-0.25, -0.2) is 4.68 Å². The van der Waals surface area contributed by atoms with E-state index < -0.39 is 0 Å². The van der Waals surface area contributed by atoms with Crippen LogP contribution in [0.25, 0.3) is 0 Å². The molecular formula is C19H28N6O2. The van der Waals surface area contributed by atoms with Gasteiger partial charge in [0.05, 0.1) is 24.5 Å². The summed E-state index contributed by atoms with van der Waals surface area (Å²) in [5, 5.41) is 8.59. The molecule has 1 unspecified atom stereocenters. The van der Waals surface area contributed by atoms with Crippen molar-refractivity contribution in [2.24, 2.45) is 0 Å². The second-order valence-electron chi connectivity index (χ2n) is 8.06. The fourth-order valence-electron chi connectivity index (χ4n) is 3.58. The molecule has 0 spiro atoms. The first-order valence-corrected chi connectivity index (χ1v) is 9.88. The molecule has 1 saturated carbocycles. The van der Waals surface area contributed by atoms with Crippen molar-refractivity contribution < 1.29 is 4.52 Å². The normalized spacial score (nSPS) is 21.0. The molecule has 27 heavy (non-hydrogen) atoms. The molecule has 146 valence electrons. The van der Waals surface area contributed by atoms with Crippen molar-refractivity contribution in [3.63, 3.8) is 0 Å². The predicted molar refractivity (Wildman–Crippen MR) is 102 cm³/mol. The number of rotatable bonds is 6. The molecule has 3 heterocycles. The van der Waals surface area contributed by atoms with Gasteiger partial charge in [-0.15, -0.1) is 0 Å². The van der Waals surface area contributed by atoms with Gasteiger partial charge in [-0.1, -0.05) is 5.16 Å². The van der Waals surface area contributed by atoms with Crippen LogP contribution in [0.15, 0.2) is 21.6 Å². The third-order valence-corrected chi connectivity index (χ3v) is 5.60. The quantitative estimate of drug-likeness (QED) is 0.769. The minimum absolute atomic E-state index is 0.0394. The predicted octanol–water partition coefficient (Wildman–Crippen LogP) is 2.19. The Hall–Kier alpha value is -2.22. The van der Waals surface area contributed by atoms with Gasteiger partial charge in [-0.2, -0.15) is 10.1 Å². The molecule has 2 aliphatic rings. The number of aromatic nitrogens is 4. The fraction of sp³-hybridized carbons (Fsp3) is 0.684. The minimum Gasteiger partial charge on any atom is -0.371 e. The minimum atomic E-state index is -0.0394. The molecule has 0 N–H and O–H groups in total. The highest BCUT2D eigenvalue weighted by molar-refractivity contribution is 5.42. The third kappa shape index (κ3) is 4.05. The average Bonchev–Trinajstić information content (AvgIpc) is 3.41. The van der Waals surface area contributed by atoms with Crippen LogP contribution < -0.4 is 10.5 Å². The molecule has 0 amide bonds. The second-order valence-corrected chi connectivity index (χ2v) is 8.06. The number of hydrogen-bond acceptors (Lipinski definition) is 7. The maximum absolute atomic E-state index is 12.6. The molecule has 1 aliphatic heterocycles. The highest BCUT2D eigenvalue weighted by atomic mass is 16.5. The van der Waals surface area contributed by atoms with Gasteiger partial charge in [0.15, 0.2) is 5.82 Å². The van der Waals surface area contributed by atoms with Crippen LogP contribution in [0.4, 0.5) is 5.69 Å². The van der Waals surface area contributed by atoms with Gasteiger partial charge in [0, 0.05) is 31.6 Å². The molecule has 8 nitrogen and oxygen atoms in total. The lowest BCUT2D eigenvalue weighted by Crippen LogP contribution is -2.40. The first-order chi connectivity index (χ1) is 13.0. The number of anilines is 1. The molecule has 2 aromatic heterocycles. The Balaban J connectivity index is 1.43. The molecular weight excluding hydrogens is 344 g/mol. The maximum Gasteiger partial charge on any atom is 0.269 e. The van der Waals surface area contributed by atoms with Crippen molar-refractivity contribution in [1.82, 2.24) is 24.8 Å². The van der Waals surface area contributed by atoms with E-state index in [2.05, 4.69) is 38.9 Å². The van der Waals surface area contributed by atoms with Crippen LogP contribution in [0, 0.1) is 0 Å². The number of hydrogen-bond donors (Lipinski definition) is 0. The fourth-order valence-corrected chi connectivity index (χ4v) is 3.58. The van der Waals surface area contributed by atoms with E-state index in [1.54, 1.807) is 16.9 Å². The lowest BCUT2D eigenvalue weighted by atomic mass is 10.1. The van der Waals surface area contributed by atoms with E-state index >= 15 is 0 Å². The molecule has 2 aromatic rings. The highest BCUT2D eigenvalue weighted by Crippen LogP contribution is 2.38. The average molecular weight is 372 g/mol. The Labute approximate surface area is 159 Å². The van der Waals surface area contributed by atoms with E-state index in [0.29, 0.717) is 18.5 Å². The zero-order chi connectivity index (χ0) is 19.0. The van der Waals surface area contributed by atoms with Crippen LogP contribution in [-0.2, 0) is 6.54 Å².